The van der Waals surface area contributed by atoms with Crippen LogP contribution in [-0.2, 0) is 22.4 Å². The number of ether oxygens (including phenoxy) is 1. The van der Waals surface area contributed by atoms with Crippen LogP contribution in [0, 0.1) is 11.3 Å². The summed E-state index contributed by atoms with van der Waals surface area (Å²) in [6.45, 7) is 8.97. The fourth-order valence-electron chi connectivity index (χ4n) is 4.69. The predicted octanol–water partition coefficient (Wildman–Crippen LogP) is 5.40. The van der Waals surface area contributed by atoms with Crippen molar-refractivity contribution in [3.8, 4) is 0 Å². The Labute approximate surface area is 217 Å². The summed E-state index contributed by atoms with van der Waals surface area (Å²) in [5.74, 6) is 0.0621. The first-order valence-corrected chi connectivity index (χ1v) is 13.9. The van der Waals surface area contributed by atoms with Crippen LogP contribution in [0.5, 0.6) is 0 Å². The summed E-state index contributed by atoms with van der Waals surface area (Å²) in [4.78, 5) is 32.0. The predicted molar refractivity (Wildman–Crippen MR) is 143 cm³/mol. The van der Waals surface area contributed by atoms with Gasteiger partial charge in [-0.2, -0.15) is 0 Å². The third-order valence-electron chi connectivity index (χ3n) is 6.68. The van der Waals surface area contributed by atoms with Gasteiger partial charge in [0.05, 0.1) is 29.0 Å². The highest BCUT2D eigenvalue weighted by Gasteiger charge is 2.32. The van der Waals surface area contributed by atoms with E-state index < -0.39 is 5.97 Å². The fraction of sp³-hybridized carbons (Fsp3) is 0.423. The van der Waals surface area contributed by atoms with Gasteiger partial charge < -0.3 is 10.1 Å². The number of nitrogens with one attached hydrogen (secondary N) is 1. The highest BCUT2D eigenvalue weighted by Crippen LogP contribution is 2.43. The van der Waals surface area contributed by atoms with Crippen LogP contribution >= 0.6 is 23.1 Å². The van der Waals surface area contributed by atoms with Gasteiger partial charge in [-0.25, -0.2) is 9.78 Å². The Morgan fingerprint density at radius 3 is 2.83 bits per heavy atom. The monoisotopic (exact) mass is 523 g/mol. The molecule has 0 fully saturated rings. The van der Waals surface area contributed by atoms with Crippen LogP contribution in [0.25, 0.3) is 15.9 Å². The molecule has 1 aliphatic rings. The molecule has 0 aliphatic heterocycles. The minimum absolute atomic E-state index is 0.116. The van der Waals surface area contributed by atoms with Gasteiger partial charge in [0.2, 0.25) is 5.91 Å². The van der Waals surface area contributed by atoms with Gasteiger partial charge in [0.25, 0.3) is 0 Å². The van der Waals surface area contributed by atoms with Gasteiger partial charge in [-0.1, -0.05) is 44.7 Å². The number of thiophene rings is 1. The maximum Gasteiger partial charge on any atom is 0.340 e. The van der Waals surface area contributed by atoms with E-state index >= 15 is 0 Å². The van der Waals surface area contributed by atoms with Gasteiger partial charge in [-0.15, -0.1) is 21.5 Å². The lowest BCUT2D eigenvalue weighted by atomic mass is 9.72. The van der Waals surface area contributed by atoms with E-state index in [2.05, 4.69) is 36.3 Å². The Balaban J connectivity index is 1.34. The molecule has 5 rings (SSSR count). The van der Waals surface area contributed by atoms with Crippen LogP contribution in [0.1, 0.15) is 54.9 Å². The Hall–Kier alpha value is -2.98. The molecular weight excluding hydrogens is 494 g/mol. The first kappa shape index (κ1) is 24.7. The number of hydrogen-bond donors (Lipinski definition) is 1. The zero-order valence-corrected chi connectivity index (χ0v) is 22.5. The van der Waals surface area contributed by atoms with Gasteiger partial charge in [-0.05, 0) is 55.2 Å². The van der Waals surface area contributed by atoms with E-state index in [0.29, 0.717) is 22.3 Å². The first-order valence-electron chi connectivity index (χ1n) is 12.1. The normalized spacial score (nSPS) is 15.7. The van der Waals surface area contributed by atoms with Gasteiger partial charge in [-0.3, -0.25) is 9.20 Å². The number of para-hydroxylation sites is 1. The van der Waals surface area contributed by atoms with Crippen molar-refractivity contribution in [1.29, 1.82) is 0 Å². The van der Waals surface area contributed by atoms with E-state index in [-0.39, 0.29) is 23.7 Å². The number of hydrogen-bond acceptors (Lipinski definition) is 8. The standard InChI is InChI=1S/C26H29N5O3S2/c1-5-34-24(33)16-8-6-7-9-18(16)28-20(32)13-35-25-30-29-22-21-17-11-10-15(26(2,3)4)12-19(17)36-23(21)27-14-31(22)25/h6-9,14-15H,5,10-13H2,1-4H3,(H,28,32). The minimum atomic E-state index is -0.465. The van der Waals surface area contributed by atoms with Crippen molar-refractivity contribution in [3.05, 3.63) is 46.6 Å². The van der Waals surface area contributed by atoms with E-state index in [9.17, 15) is 9.59 Å². The molecule has 0 saturated carbocycles. The lowest BCUT2D eigenvalue weighted by molar-refractivity contribution is -0.113. The number of thioether (sulfide) groups is 1. The van der Waals surface area contributed by atoms with Crippen molar-refractivity contribution in [2.75, 3.05) is 17.7 Å². The summed E-state index contributed by atoms with van der Waals surface area (Å²) < 4.78 is 6.96. The molecule has 1 aromatic carbocycles. The average Bonchev–Trinajstić information content (AvgIpc) is 3.43. The van der Waals surface area contributed by atoms with Crippen molar-refractivity contribution in [2.45, 2.75) is 52.1 Å². The first-order chi connectivity index (χ1) is 17.3. The zero-order chi connectivity index (χ0) is 25.4. The number of esters is 1. The van der Waals surface area contributed by atoms with Crippen LogP contribution in [0.3, 0.4) is 0 Å². The summed E-state index contributed by atoms with van der Waals surface area (Å²) in [5, 5.41) is 13.4. The second kappa shape index (κ2) is 9.82. The van der Waals surface area contributed by atoms with Crippen LogP contribution in [-0.4, -0.2) is 43.8 Å². The highest BCUT2D eigenvalue weighted by molar-refractivity contribution is 7.99. The number of rotatable bonds is 6. The number of carbonyl (C=O) groups is 2. The largest absolute Gasteiger partial charge is 0.462 e. The molecule has 10 heteroatoms. The van der Waals surface area contributed by atoms with Crippen LogP contribution in [0.4, 0.5) is 5.69 Å². The molecule has 1 aliphatic carbocycles. The Morgan fingerprint density at radius 1 is 1.25 bits per heavy atom. The van der Waals surface area contributed by atoms with Crippen molar-refractivity contribution in [3.63, 3.8) is 0 Å². The minimum Gasteiger partial charge on any atom is -0.462 e. The molecule has 0 spiro atoms. The van der Waals surface area contributed by atoms with Crippen molar-refractivity contribution >= 4 is 56.5 Å². The van der Waals surface area contributed by atoms with Gasteiger partial charge in [0, 0.05) is 4.88 Å². The molecule has 0 saturated heterocycles. The molecule has 1 amide bonds. The zero-order valence-electron chi connectivity index (χ0n) is 20.8. The smallest absolute Gasteiger partial charge is 0.340 e. The summed E-state index contributed by atoms with van der Waals surface area (Å²) in [6.07, 6.45) is 5.01. The number of benzene rings is 1. The third kappa shape index (κ3) is 4.71. The molecule has 1 unspecified atom stereocenters. The Kier molecular flexibility index (Phi) is 6.74. The van der Waals surface area contributed by atoms with Crippen molar-refractivity contribution in [1.82, 2.24) is 19.6 Å². The second-order valence-electron chi connectivity index (χ2n) is 10.0. The number of anilines is 1. The highest BCUT2D eigenvalue weighted by atomic mass is 32.2. The fourth-order valence-corrected chi connectivity index (χ4v) is 6.65. The number of aryl methyl sites for hydroxylation is 1. The van der Waals surface area contributed by atoms with Crippen LogP contribution in [0.15, 0.2) is 35.7 Å². The summed E-state index contributed by atoms with van der Waals surface area (Å²) in [7, 11) is 0. The number of carbonyl (C=O) groups excluding carboxylic acids is 2. The lowest BCUT2D eigenvalue weighted by Crippen LogP contribution is -2.26. The van der Waals surface area contributed by atoms with Gasteiger partial charge >= 0.3 is 5.97 Å². The SMILES string of the molecule is CCOC(=O)c1ccccc1NC(=O)CSc1nnc2c3c4c(sc3ncn12)CC(C(C)(C)C)CC4. The molecule has 0 bridgehead atoms. The molecule has 0 radical (unpaired) electrons. The number of fused-ring (bicyclic) bond motifs is 5. The third-order valence-corrected chi connectivity index (χ3v) is 8.78. The van der Waals surface area contributed by atoms with E-state index in [1.165, 1.54) is 22.2 Å². The summed E-state index contributed by atoms with van der Waals surface area (Å²) in [6, 6.07) is 6.82. The van der Waals surface area contributed by atoms with Crippen LogP contribution < -0.4 is 5.32 Å². The number of nitrogens with zero attached hydrogens (tertiary/aromatic N) is 4. The summed E-state index contributed by atoms with van der Waals surface area (Å²) >= 11 is 3.05. The maximum absolute atomic E-state index is 12.7. The van der Waals surface area contributed by atoms with Crippen molar-refractivity contribution in [2.24, 2.45) is 11.3 Å². The number of amides is 1. The van der Waals surface area contributed by atoms with Crippen molar-refractivity contribution < 1.29 is 14.3 Å². The molecule has 8 nitrogen and oxygen atoms in total. The molecule has 188 valence electrons. The van der Waals surface area contributed by atoms with E-state index in [1.807, 2.05) is 4.40 Å². The van der Waals surface area contributed by atoms with E-state index in [0.717, 1.165) is 35.1 Å². The maximum atomic E-state index is 12.7. The molecule has 1 atom stereocenters. The second-order valence-corrected chi connectivity index (χ2v) is 12.0. The molecule has 3 aromatic heterocycles. The quantitative estimate of drug-likeness (QED) is 0.267. The molecule has 1 N–H and O–H groups in total. The van der Waals surface area contributed by atoms with Crippen LogP contribution in [0.2, 0.25) is 0 Å². The van der Waals surface area contributed by atoms with Gasteiger partial charge in [0.1, 0.15) is 11.2 Å². The molecule has 4 aromatic rings. The van der Waals surface area contributed by atoms with E-state index in [1.54, 1.807) is 48.9 Å². The number of aromatic nitrogens is 4. The molecule has 36 heavy (non-hydrogen) atoms. The molecular formula is C26H29N5O3S2. The Bertz CT molecular complexity index is 1450. The summed E-state index contributed by atoms with van der Waals surface area (Å²) in [5.41, 5.74) is 3.18. The Morgan fingerprint density at radius 2 is 2.06 bits per heavy atom. The molecule has 3 heterocycles. The van der Waals surface area contributed by atoms with Gasteiger partial charge in [0.15, 0.2) is 10.8 Å². The average molecular weight is 524 g/mol. The topological polar surface area (TPSA) is 98.5 Å². The van der Waals surface area contributed by atoms with E-state index in [4.69, 9.17) is 9.72 Å². The lowest BCUT2D eigenvalue weighted by Gasteiger charge is -2.33.